The van der Waals surface area contributed by atoms with E-state index in [2.05, 4.69) is 20.8 Å². The lowest BCUT2D eigenvalue weighted by atomic mass is 9.44. The van der Waals surface area contributed by atoms with Crippen molar-refractivity contribution in [3.8, 4) is 0 Å². The largest absolute Gasteiger partial charge is 0.469 e. The van der Waals surface area contributed by atoms with Crippen LogP contribution in [0.2, 0.25) is 0 Å². The second kappa shape index (κ2) is 7.60. The molecule has 4 aliphatic rings. The minimum absolute atomic E-state index is 0.0444. The van der Waals surface area contributed by atoms with Gasteiger partial charge < -0.3 is 10.5 Å². The molecule has 3 heteroatoms. The van der Waals surface area contributed by atoms with Gasteiger partial charge in [0.1, 0.15) is 0 Å². The summed E-state index contributed by atoms with van der Waals surface area (Å²) in [4.78, 5) is 11.6. The van der Waals surface area contributed by atoms with Crippen molar-refractivity contribution >= 4 is 5.97 Å². The zero-order valence-electron chi connectivity index (χ0n) is 18.7. The molecule has 0 radical (unpaired) electrons. The summed E-state index contributed by atoms with van der Waals surface area (Å²) in [5.41, 5.74) is 7.39. The molecule has 4 aliphatic carbocycles. The van der Waals surface area contributed by atoms with Crippen LogP contribution in [0.5, 0.6) is 0 Å². The lowest BCUT2D eigenvalue weighted by Gasteiger charge is -2.61. The summed E-state index contributed by atoms with van der Waals surface area (Å²) in [7, 11) is 1.51. The van der Waals surface area contributed by atoms with E-state index in [1.165, 1.54) is 64.9 Å². The molecule has 160 valence electrons. The maximum atomic E-state index is 11.6. The fraction of sp³-hybridized carbons (Fsp3) is 0.960. The number of hydrogen-bond acceptors (Lipinski definition) is 3. The van der Waals surface area contributed by atoms with Crippen LogP contribution in [-0.4, -0.2) is 19.1 Å². The maximum Gasteiger partial charge on any atom is 0.305 e. The van der Waals surface area contributed by atoms with Gasteiger partial charge in [-0.15, -0.1) is 0 Å². The summed E-state index contributed by atoms with van der Waals surface area (Å²) >= 11 is 0. The Labute approximate surface area is 172 Å². The fourth-order valence-corrected chi connectivity index (χ4v) is 8.92. The van der Waals surface area contributed by atoms with Gasteiger partial charge in [0.2, 0.25) is 0 Å². The molecule has 0 bridgehead atoms. The van der Waals surface area contributed by atoms with E-state index < -0.39 is 0 Å². The Morgan fingerprint density at radius 1 is 1.04 bits per heavy atom. The van der Waals surface area contributed by atoms with Crippen molar-refractivity contribution in [2.24, 2.45) is 52.1 Å². The van der Waals surface area contributed by atoms with Crippen molar-refractivity contribution in [1.29, 1.82) is 0 Å². The first-order chi connectivity index (χ1) is 13.3. The van der Waals surface area contributed by atoms with E-state index in [0.717, 1.165) is 36.0 Å². The van der Waals surface area contributed by atoms with E-state index in [0.29, 0.717) is 29.2 Å². The van der Waals surface area contributed by atoms with Crippen LogP contribution in [0.15, 0.2) is 0 Å². The highest BCUT2D eigenvalue weighted by atomic mass is 16.5. The van der Waals surface area contributed by atoms with Gasteiger partial charge in [-0.2, -0.15) is 0 Å². The zero-order chi connectivity index (χ0) is 20.1. The van der Waals surface area contributed by atoms with Gasteiger partial charge in [-0.1, -0.05) is 20.8 Å². The normalized spacial score (nSPS) is 48.9. The predicted octanol–water partition coefficient (Wildman–Crippen LogP) is 5.56. The number of carbonyl (C=O) groups is 1. The molecule has 0 heterocycles. The molecular weight excluding hydrogens is 346 g/mol. The Hall–Kier alpha value is -0.570. The Balaban J connectivity index is 1.48. The second-order valence-corrected chi connectivity index (χ2v) is 11.5. The Morgan fingerprint density at radius 3 is 2.50 bits per heavy atom. The molecular formula is C25H43NO2. The van der Waals surface area contributed by atoms with Gasteiger partial charge in [0.25, 0.3) is 0 Å². The minimum atomic E-state index is -0.0444. The highest BCUT2D eigenvalue weighted by Crippen LogP contribution is 2.68. The lowest BCUT2D eigenvalue weighted by Crippen LogP contribution is -2.54. The van der Waals surface area contributed by atoms with Crippen LogP contribution < -0.4 is 5.73 Å². The van der Waals surface area contributed by atoms with Crippen LogP contribution in [0.4, 0.5) is 0 Å². The molecule has 0 amide bonds. The summed E-state index contributed by atoms with van der Waals surface area (Å²) in [6.07, 6.45) is 13.9. The van der Waals surface area contributed by atoms with Gasteiger partial charge in [-0.05, 0) is 111 Å². The number of nitrogens with two attached hydrogens (primary N) is 1. The zero-order valence-corrected chi connectivity index (χ0v) is 18.7. The number of methoxy groups -OCH3 is 1. The average molecular weight is 390 g/mol. The number of rotatable bonds is 4. The number of ether oxygens (including phenoxy) is 1. The van der Waals surface area contributed by atoms with Crippen LogP contribution in [0.25, 0.3) is 0 Å². The summed E-state index contributed by atoms with van der Waals surface area (Å²) < 4.78 is 4.89. The Morgan fingerprint density at radius 2 is 1.75 bits per heavy atom. The Kier molecular flexibility index (Phi) is 5.61. The van der Waals surface area contributed by atoms with Crippen LogP contribution in [0.1, 0.15) is 91.4 Å². The second-order valence-electron chi connectivity index (χ2n) is 11.5. The molecule has 9 atom stereocenters. The molecule has 1 unspecified atom stereocenters. The van der Waals surface area contributed by atoms with Crippen LogP contribution in [0.3, 0.4) is 0 Å². The standard InChI is InChI=1S/C25H43NO2/c1-16(5-10-23(27)28-4)20-8-9-21-19-7-6-17-15-18(26)11-13-24(17,2)22(19)12-14-25(20,21)3/h16-22H,5-15,26H2,1-4H3/t16-,17?,18+,19+,20-,21+,22+,24+,25-/m1/s1. The summed E-state index contributed by atoms with van der Waals surface area (Å²) in [6.45, 7) is 7.65. The van der Waals surface area contributed by atoms with Crippen molar-refractivity contribution in [3.63, 3.8) is 0 Å². The third-order valence-electron chi connectivity index (χ3n) is 10.5. The van der Waals surface area contributed by atoms with Crippen molar-refractivity contribution in [1.82, 2.24) is 0 Å². The first kappa shape index (κ1) is 20.7. The monoisotopic (exact) mass is 389 g/mol. The van der Waals surface area contributed by atoms with Gasteiger partial charge in [0.05, 0.1) is 7.11 Å². The van der Waals surface area contributed by atoms with Crippen molar-refractivity contribution in [2.75, 3.05) is 7.11 Å². The van der Waals surface area contributed by atoms with Gasteiger partial charge >= 0.3 is 5.97 Å². The van der Waals surface area contributed by atoms with Crippen LogP contribution in [-0.2, 0) is 9.53 Å². The fourth-order valence-electron chi connectivity index (χ4n) is 8.92. The van der Waals surface area contributed by atoms with E-state index in [9.17, 15) is 4.79 Å². The quantitative estimate of drug-likeness (QED) is 0.640. The number of fused-ring (bicyclic) bond motifs is 5. The third-order valence-corrected chi connectivity index (χ3v) is 10.5. The number of hydrogen-bond donors (Lipinski definition) is 1. The first-order valence-corrected chi connectivity index (χ1v) is 12.1. The van der Waals surface area contributed by atoms with E-state index >= 15 is 0 Å². The smallest absolute Gasteiger partial charge is 0.305 e. The van der Waals surface area contributed by atoms with E-state index in [1.807, 2.05) is 0 Å². The molecule has 0 spiro atoms. The van der Waals surface area contributed by atoms with Gasteiger partial charge in [-0.25, -0.2) is 0 Å². The molecule has 2 N–H and O–H groups in total. The minimum Gasteiger partial charge on any atom is -0.469 e. The molecule has 4 saturated carbocycles. The van der Waals surface area contributed by atoms with Crippen LogP contribution >= 0.6 is 0 Å². The van der Waals surface area contributed by atoms with E-state index in [1.54, 1.807) is 0 Å². The highest BCUT2D eigenvalue weighted by Gasteiger charge is 2.60. The molecule has 3 nitrogen and oxygen atoms in total. The van der Waals surface area contributed by atoms with Crippen molar-refractivity contribution < 1.29 is 9.53 Å². The molecule has 0 aromatic heterocycles. The van der Waals surface area contributed by atoms with Gasteiger partial charge in [0.15, 0.2) is 0 Å². The maximum absolute atomic E-state index is 11.6. The number of carbonyl (C=O) groups excluding carboxylic acids is 1. The van der Waals surface area contributed by atoms with E-state index in [4.69, 9.17) is 10.5 Å². The lowest BCUT2D eigenvalue weighted by molar-refractivity contribution is -0.141. The molecule has 0 aliphatic heterocycles. The van der Waals surface area contributed by atoms with Crippen molar-refractivity contribution in [2.45, 2.75) is 97.4 Å². The van der Waals surface area contributed by atoms with Crippen molar-refractivity contribution in [3.05, 3.63) is 0 Å². The topological polar surface area (TPSA) is 52.3 Å². The summed E-state index contributed by atoms with van der Waals surface area (Å²) in [5, 5.41) is 0. The number of esters is 1. The molecule has 4 rings (SSSR count). The first-order valence-electron chi connectivity index (χ1n) is 12.1. The third kappa shape index (κ3) is 3.24. The summed E-state index contributed by atoms with van der Waals surface area (Å²) in [6, 6.07) is 0.454. The predicted molar refractivity (Wildman–Crippen MR) is 114 cm³/mol. The molecule has 0 aromatic rings. The summed E-state index contributed by atoms with van der Waals surface area (Å²) in [5.74, 6) is 5.02. The molecule has 4 fully saturated rings. The van der Waals surface area contributed by atoms with Crippen LogP contribution in [0, 0.1) is 46.3 Å². The molecule has 28 heavy (non-hydrogen) atoms. The Bertz CT molecular complexity index is 591. The molecule has 0 saturated heterocycles. The van der Waals surface area contributed by atoms with Gasteiger partial charge in [-0.3, -0.25) is 4.79 Å². The van der Waals surface area contributed by atoms with Gasteiger partial charge in [0, 0.05) is 12.5 Å². The highest BCUT2D eigenvalue weighted by molar-refractivity contribution is 5.69. The van der Waals surface area contributed by atoms with E-state index in [-0.39, 0.29) is 5.97 Å². The average Bonchev–Trinajstić information content (AvgIpc) is 3.03. The molecule has 0 aromatic carbocycles. The SMILES string of the molecule is COC(=O)CC[C@@H](C)[C@H]1CC[C@H]2[C@@H]3CCC4C[C@@H](N)CC[C@]4(C)[C@H]3CC[C@]12C.